The van der Waals surface area contributed by atoms with E-state index >= 15 is 0 Å². The number of carbonyl (C=O) groups excluding carboxylic acids is 1. The van der Waals surface area contributed by atoms with E-state index in [0.717, 1.165) is 16.7 Å². The maximum atomic E-state index is 13.1. The van der Waals surface area contributed by atoms with Gasteiger partial charge in [-0.2, -0.15) is 0 Å². The Morgan fingerprint density at radius 3 is 2.36 bits per heavy atom. The van der Waals surface area contributed by atoms with Crippen molar-refractivity contribution < 1.29 is 32.2 Å². The Balaban J connectivity index is 1.76. The third kappa shape index (κ3) is 4.33. The van der Waals surface area contributed by atoms with Crippen molar-refractivity contribution in [3.63, 3.8) is 0 Å². The zero-order chi connectivity index (χ0) is 23.8. The van der Waals surface area contributed by atoms with Crippen LogP contribution in [0.2, 0.25) is 0 Å². The molecule has 0 aromatic heterocycles. The fourth-order valence-electron chi connectivity index (χ4n) is 4.19. The molecule has 4 rings (SSSR count). The number of para-hydroxylation sites is 1. The van der Waals surface area contributed by atoms with Crippen LogP contribution in [0.25, 0.3) is 11.1 Å². The highest BCUT2D eigenvalue weighted by Gasteiger charge is 2.43. The van der Waals surface area contributed by atoms with Gasteiger partial charge in [0.1, 0.15) is 17.2 Å². The molecule has 1 aliphatic rings. The molecule has 33 heavy (non-hydrogen) atoms. The van der Waals surface area contributed by atoms with Crippen LogP contribution >= 0.6 is 0 Å². The van der Waals surface area contributed by atoms with Crippen LogP contribution in [0.4, 0.5) is 18.9 Å². The standard InChI is InChI=1S/C25H22F3NO4/c1-24(14-16-12-17(33-25(26,27)28)9-11-21(16)31-2)19-13-15(8-10-20(19)29-23(24)30)18-6-4-5-7-22(18)32-3/h4-13H,14H2,1-3H3,(H,29,30). The van der Waals surface area contributed by atoms with Crippen LogP contribution in [0.1, 0.15) is 18.1 Å². The van der Waals surface area contributed by atoms with Crippen LogP contribution in [0.15, 0.2) is 60.7 Å². The number of alkyl halides is 3. The largest absolute Gasteiger partial charge is 0.573 e. The summed E-state index contributed by atoms with van der Waals surface area (Å²) in [6.45, 7) is 1.76. The SMILES string of the molecule is COc1ccc(OC(F)(F)F)cc1CC1(C)C(=O)Nc2ccc(-c3ccccc3OC)cc21. The molecular weight excluding hydrogens is 435 g/mol. The first-order valence-electron chi connectivity index (χ1n) is 10.2. The second kappa shape index (κ2) is 8.35. The third-order valence-electron chi connectivity index (χ3n) is 5.81. The summed E-state index contributed by atoms with van der Waals surface area (Å²) in [6.07, 6.45) is -4.71. The zero-order valence-electron chi connectivity index (χ0n) is 18.2. The molecule has 0 radical (unpaired) electrons. The maximum Gasteiger partial charge on any atom is 0.573 e. The number of fused-ring (bicyclic) bond motifs is 1. The molecule has 1 heterocycles. The van der Waals surface area contributed by atoms with Crippen molar-refractivity contribution in [1.29, 1.82) is 0 Å². The normalized spacial score (nSPS) is 17.3. The molecule has 1 amide bonds. The van der Waals surface area contributed by atoms with Crippen LogP contribution in [0.3, 0.4) is 0 Å². The minimum absolute atomic E-state index is 0.111. The minimum atomic E-state index is -4.82. The number of amides is 1. The first kappa shape index (κ1) is 22.5. The first-order chi connectivity index (χ1) is 15.6. The van der Waals surface area contributed by atoms with Gasteiger partial charge >= 0.3 is 6.36 Å². The molecule has 0 saturated heterocycles. The van der Waals surface area contributed by atoms with Crippen molar-refractivity contribution in [2.24, 2.45) is 0 Å². The van der Waals surface area contributed by atoms with E-state index in [1.165, 1.54) is 25.3 Å². The van der Waals surface area contributed by atoms with Crippen molar-refractivity contribution in [3.05, 3.63) is 71.8 Å². The van der Waals surface area contributed by atoms with E-state index in [1.807, 2.05) is 42.5 Å². The van der Waals surface area contributed by atoms with Crippen LogP contribution in [-0.4, -0.2) is 26.5 Å². The highest BCUT2D eigenvalue weighted by atomic mass is 19.4. The van der Waals surface area contributed by atoms with Gasteiger partial charge in [0.05, 0.1) is 19.6 Å². The number of ether oxygens (including phenoxy) is 3. The molecule has 1 atom stereocenters. The van der Waals surface area contributed by atoms with Crippen molar-refractivity contribution in [2.45, 2.75) is 25.1 Å². The summed E-state index contributed by atoms with van der Waals surface area (Å²) in [4.78, 5) is 13.1. The Morgan fingerprint density at radius 2 is 1.67 bits per heavy atom. The first-order valence-corrected chi connectivity index (χ1v) is 10.2. The third-order valence-corrected chi connectivity index (χ3v) is 5.81. The molecule has 0 saturated carbocycles. The monoisotopic (exact) mass is 457 g/mol. The average molecular weight is 457 g/mol. The van der Waals surface area contributed by atoms with Gasteiger partial charge in [0, 0.05) is 11.3 Å². The van der Waals surface area contributed by atoms with E-state index in [2.05, 4.69) is 10.1 Å². The van der Waals surface area contributed by atoms with Gasteiger partial charge in [-0.15, -0.1) is 13.2 Å². The number of anilines is 1. The van der Waals surface area contributed by atoms with Crippen molar-refractivity contribution in [2.75, 3.05) is 19.5 Å². The number of halogens is 3. The quantitative estimate of drug-likeness (QED) is 0.514. The number of benzene rings is 3. The summed E-state index contributed by atoms with van der Waals surface area (Å²) < 4.78 is 53.1. The molecule has 3 aromatic rings. The molecule has 1 N–H and O–H groups in total. The van der Waals surface area contributed by atoms with Crippen LogP contribution in [0, 0.1) is 0 Å². The van der Waals surface area contributed by atoms with Gasteiger partial charge in [0.25, 0.3) is 0 Å². The number of hydrogen-bond donors (Lipinski definition) is 1. The molecular formula is C25H22F3NO4. The van der Waals surface area contributed by atoms with Gasteiger partial charge in [-0.05, 0) is 66.4 Å². The predicted octanol–water partition coefficient (Wildman–Crippen LogP) is 5.72. The molecule has 0 aliphatic carbocycles. The van der Waals surface area contributed by atoms with E-state index in [1.54, 1.807) is 14.0 Å². The molecule has 172 valence electrons. The topological polar surface area (TPSA) is 56.8 Å². The van der Waals surface area contributed by atoms with Gasteiger partial charge in [-0.3, -0.25) is 4.79 Å². The van der Waals surface area contributed by atoms with Gasteiger partial charge in [0.2, 0.25) is 5.91 Å². The van der Waals surface area contributed by atoms with Crippen LogP contribution < -0.4 is 19.5 Å². The smallest absolute Gasteiger partial charge is 0.496 e. The van der Waals surface area contributed by atoms with Gasteiger partial charge in [0.15, 0.2) is 0 Å². The van der Waals surface area contributed by atoms with Crippen molar-refractivity contribution in [3.8, 4) is 28.4 Å². The Morgan fingerprint density at radius 1 is 0.939 bits per heavy atom. The van der Waals surface area contributed by atoms with Gasteiger partial charge in [-0.1, -0.05) is 24.3 Å². The molecule has 0 spiro atoms. The molecule has 5 nitrogen and oxygen atoms in total. The Hall–Kier alpha value is -3.68. The minimum Gasteiger partial charge on any atom is -0.496 e. The van der Waals surface area contributed by atoms with Crippen molar-refractivity contribution in [1.82, 2.24) is 0 Å². The lowest BCUT2D eigenvalue weighted by atomic mass is 9.77. The second-order valence-corrected chi connectivity index (χ2v) is 7.95. The van der Waals surface area contributed by atoms with E-state index in [4.69, 9.17) is 9.47 Å². The highest BCUT2D eigenvalue weighted by molar-refractivity contribution is 6.06. The van der Waals surface area contributed by atoms with E-state index in [9.17, 15) is 18.0 Å². The molecule has 0 fully saturated rings. The number of carbonyl (C=O) groups is 1. The molecule has 1 unspecified atom stereocenters. The summed E-state index contributed by atoms with van der Waals surface area (Å²) in [6, 6.07) is 17.0. The lowest BCUT2D eigenvalue weighted by molar-refractivity contribution is -0.274. The summed E-state index contributed by atoms with van der Waals surface area (Å²) in [5.74, 6) is 0.435. The Labute approximate surface area is 189 Å². The maximum absolute atomic E-state index is 13.1. The second-order valence-electron chi connectivity index (χ2n) is 7.95. The highest BCUT2D eigenvalue weighted by Crippen LogP contribution is 2.44. The number of methoxy groups -OCH3 is 2. The number of nitrogens with one attached hydrogen (secondary N) is 1. The lowest BCUT2D eigenvalue weighted by Gasteiger charge is -2.24. The molecule has 8 heteroatoms. The van der Waals surface area contributed by atoms with Crippen LogP contribution in [0.5, 0.6) is 17.2 Å². The summed E-state index contributed by atoms with van der Waals surface area (Å²) in [5, 5.41) is 2.88. The number of rotatable bonds is 6. The van der Waals surface area contributed by atoms with Crippen molar-refractivity contribution >= 4 is 11.6 Å². The predicted molar refractivity (Wildman–Crippen MR) is 118 cm³/mol. The summed E-state index contributed by atoms with van der Waals surface area (Å²) >= 11 is 0. The van der Waals surface area contributed by atoms with Crippen LogP contribution in [-0.2, 0) is 16.6 Å². The lowest BCUT2D eigenvalue weighted by Crippen LogP contribution is -2.33. The Kier molecular flexibility index (Phi) is 5.69. The molecule has 0 bridgehead atoms. The van der Waals surface area contributed by atoms with Gasteiger partial charge in [-0.25, -0.2) is 0 Å². The van der Waals surface area contributed by atoms with E-state index in [0.29, 0.717) is 22.7 Å². The Bertz CT molecular complexity index is 1210. The summed E-state index contributed by atoms with van der Waals surface area (Å²) in [5.41, 5.74) is 2.49. The van der Waals surface area contributed by atoms with E-state index in [-0.39, 0.29) is 18.1 Å². The summed E-state index contributed by atoms with van der Waals surface area (Å²) in [7, 11) is 3.01. The zero-order valence-corrected chi connectivity index (χ0v) is 18.2. The van der Waals surface area contributed by atoms with Gasteiger partial charge < -0.3 is 19.5 Å². The fourth-order valence-corrected chi connectivity index (χ4v) is 4.19. The van der Waals surface area contributed by atoms with E-state index < -0.39 is 11.8 Å². The average Bonchev–Trinajstić information content (AvgIpc) is 3.02. The molecule has 1 aliphatic heterocycles. The fraction of sp³-hybridized carbons (Fsp3) is 0.240. The molecule has 3 aromatic carbocycles. The number of hydrogen-bond acceptors (Lipinski definition) is 4.